The Labute approximate surface area is 123 Å². The third-order valence-electron chi connectivity index (χ3n) is 3.00. The summed E-state index contributed by atoms with van der Waals surface area (Å²) in [6.45, 7) is 5.68. The largest absolute Gasteiger partial charge is 0.530 e. The van der Waals surface area contributed by atoms with Crippen molar-refractivity contribution in [2.75, 3.05) is 21.3 Å². The van der Waals surface area contributed by atoms with E-state index >= 15 is 0 Å². The maximum absolute atomic E-state index is 11.4. The molecule has 0 heterocycles. The zero-order chi connectivity index (χ0) is 15.6. The maximum Gasteiger partial charge on any atom is 0.530 e. The summed E-state index contributed by atoms with van der Waals surface area (Å²) in [7, 11) is 1.72. The second kappa shape index (κ2) is 10.3. The lowest BCUT2D eigenvalue weighted by atomic mass is 10.3. The van der Waals surface area contributed by atoms with Crippen LogP contribution in [0.3, 0.4) is 0 Å². The van der Waals surface area contributed by atoms with Gasteiger partial charge in [0.05, 0.1) is 0 Å². The smallest absolute Gasteiger partial charge is 0.436 e. The topological polar surface area (TPSA) is 63.2 Å². The fourth-order valence-corrected chi connectivity index (χ4v) is 4.10. The van der Waals surface area contributed by atoms with Crippen molar-refractivity contribution in [2.45, 2.75) is 58.5 Å². The van der Waals surface area contributed by atoms with E-state index in [1.165, 1.54) is 0 Å². The Kier molecular flexibility index (Phi) is 10.0. The highest BCUT2D eigenvalue weighted by atomic mass is 28.4. The van der Waals surface area contributed by atoms with Crippen molar-refractivity contribution in [3.05, 3.63) is 0 Å². The fourth-order valence-electron chi connectivity index (χ4n) is 1.86. The fraction of sp³-hybridized carbons (Fsp3) is 0.923. The lowest BCUT2D eigenvalue weighted by Gasteiger charge is -2.34. The molecule has 0 aromatic carbocycles. The van der Waals surface area contributed by atoms with Gasteiger partial charge in [0.1, 0.15) is 5.73 Å². The van der Waals surface area contributed by atoms with Gasteiger partial charge in [0.2, 0.25) is 6.29 Å². The number of carbonyl (C=O) groups excluding carboxylic acids is 1. The van der Waals surface area contributed by atoms with Gasteiger partial charge in [0.25, 0.3) is 0 Å². The van der Waals surface area contributed by atoms with Crippen LogP contribution < -0.4 is 0 Å². The molecule has 0 amide bonds. The van der Waals surface area contributed by atoms with Gasteiger partial charge in [-0.25, -0.2) is 0 Å². The van der Waals surface area contributed by atoms with E-state index < -0.39 is 15.1 Å². The van der Waals surface area contributed by atoms with Crippen molar-refractivity contribution >= 4 is 14.8 Å². The zero-order valence-electron chi connectivity index (χ0n) is 13.4. The van der Waals surface area contributed by atoms with Crippen LogP contribution in [0.5, 0.6) is 0 Å². The van der Waals surface area contributed by atoms with Crippen LogP contribution in [0.25, 0.3) is 0 Å². The summed E-state index contributed by atoms with van der Waals surface area (Å²) in [5.74, 6) is -0.286. The van der Waals surface area contributed by atoms with E-state index in [1.807, 2.05) is 13.8 Å². The summed E-state index contributed by atoms with van der Waals surface area (Å²) >= 11 is 0. The molecule has 0 aliphatic rings. The van der Waals surface area contributed by atoms with Crippen LogP contribution in [0.2, 0.25) is 0 Å². The Morgan fingerprint density at radius 1 is 1.05 bits per heavy atom. The van der Waals surface area contributed by atoms with Gasteiger partial charge >= 0.3 is 14.8 Å². The third-order valence-corrected chi connectivity index (χ3v) is 5.92. The zero-order valence-corrected chi connectivity index (χ0v) is 14.4. The lowest BCUT2D eigenvalue weighted by Crippen LogP contribution is -2.56. The van der Waals surface area contributed by atoms with Crippen molar-refractivity contribution in [2.24, 2.45) is 0 Å². The summed E-state index contributed by atoms with van der Waals surface area (Å²) < 4.78 is 27.5. The molecule has 0 saturated heterocycles. The monoisotopic (exact) mass is 308 g/mol. The minimum absolute atomic E-state index is 0.286. The standard InChI is InChI=1S/C13H28O6Si/c1-7-10-13(20(15-4,16-5)17-6)19-12(9-3)18-11(14)8-2/h12-13H,7-10H2,1-6H3. The molecule has 120 valence electrons. The normalized spacial score (nSPS) is 14.9. The molecule has 2 atom stereocenters. The van der Waals surface area contributed by atoms with Crippen LogP contribution in [0, 0.1) is 0 Å². The first-order chi connectivity index (χ1) is 9.53. The molecule has 0 aromatic rings. The van der Waals surface area contributed by atoms with E-state index in [0.717, 1.165) is 6.42 Å². The number of rotatable bonds is 11. The molecule has 0 rings (SSSR count). The molecule has 0 aromatic heterocycles. The van der Waals surface area contributed by atoms with Crippen LogP contribution in [0.1, 0.15) is 46.5 Å². The first-order valence-electron chi connectivity index (χ1n) is 7.03. The second-order valence-corrected chi connectivity index (χ2v) is 7.39. The quantitative estimate of drug-likeness (QED) is 0.331. The highest BCUT2D eigenvalue weighted by Crippen LogP contribution is 2.22. The van der Waals surface area contributed by atoms with Gasteiger partial charge in [-0.15, -0.1) is 0 Å². The van der Waals surface area contributed by atoms with Gasteiger partial charge in [-0.2, -0.15) is 0 Å². The van der Waals surface area contributed by atoms with Crippen LogP contribution in [0.4, 0.5) is 0 Å². The highest BCUT2D eigenvalue weighted by molar-refractivity contribution is 6.62. The number of esters is 1. The number of hydrogen-bond donors (Lipinski definition) is 0. The summed E-state index contributed by atoms with van der Waals surface area (Å²) in [6, 6.07) is 0. The Balaban J connectivity index is 4.92. The number of carbonyl (C=O) groups is 1. The van der Waals surface area contributed by atoms with Gasteiger partial charge in [-0.3, -0.25) is 4.79 Å². The van der Waals surface area contributed by atoms with Gasteiger partial charge in [0, 0.05) is 34.2 Å². The number of hydrogen-bond acceptors (Lipinski definition) is 6. The lowest BCUT2D eigenvalue weighted by molar-refractivity contribution is -0.189. The first kappa shape index (κ1) is 19.5. The molecular weight excluding hydrogens is 280 g/mol. The Bertz CT molecular complexity index is 261. The van der Waals surface area contributed by atoms with Crippen molar-refractivity contribution in [1.29, 1.82) is 0 Å². The maximum atomic E-state index is 11.4. The van der Waals surface area contributed by atoms with Crippen molar-refractivity contribution in [3.63, 3.8) is 0 Å². The van der Waals surface area contributed by atoms with E-state index in [-0.39, 0.29) is 11.7 Å². The molecule has 0 N–H and O–H groups in total. The van der Waals surface area contributed by atoms with Crippen LogP contribution >= 0.6 is 0 Å². The molecule has 0 aliphatic carbocycles. The SMILES string of the molecule is CCCC(OC(CC)OC(=O)CC)[Si](OC)(OC)OC. The van der Waals surface area contributed by atoms with Crippen LogP contribution in [-0.2, 0) is 27.5 Å². The summed E-state index contributed by atoms with van der Waals surface area (Å²) in [5.41, 5.74) is -0.359. The molecule has 0 fully saturated rings. The predicted molar refractivity (Wildman–Crippen MR) is 77.0 cm³/mol. The van der Waals surface area contributed by atoms with Gasteiger partial charge < -0.3 is 22.8 Å². The second-order valence-electron chi connectivity index (χ2n) is 4.31. The molecule has 7 heteroatoms. The molecule has 0 spiro atoms. The van der Waals surface area contributed by atoms with E-state index in [2.05, 4.69) is 0 Å². The molecule has 2 unspecified atom stereocenters. The molecule has 0 saturated carbocycles. The summed E-state index contributed by atoms with van der Waals surface area (Å²) in [5, 5.41) is 0. The van der Waals surface area contributed by atoms with E-state index in [4.69, 9.17) is 22.8 Å². The molecule has 0 bridgehead atoms. The van der Waals surface area contributed by atoms with Gasteiger partial charge in [-0.05, 0) is 6.42 Å². The minimum atomic E-state index is -2.92. The average molecular weight is 308 g/mol. The van der Waals surface area contributed by atoms with Crippen LogP contribution in [-0.4, -0.2) is 48.1 Å². The molecule has 20 heavy (non-hydrogen) atoms. The van der Waals surface area contributed by atoms with E-state index in [9.17, 15) is 4.79 Å². The van der Waals surface area contributed by atoms with E-state index in [0.29, 0.717) is 19.3 Å². The van der Waals surface area contributed by atoms with Crippen molar-refractivity contribution in [1.82, 2.24) is 0 Å². The van der Waals surface area contributed by atoms with Gasteiger partial charge in [-0.1, -0.05) is 27.2 Å². The van der Waals surface area contributed by atoms with Crippen molar-refractivity contribution in [3.8, 4) is 0 Å². The Hall–Kier alpha value is -0.473. The average Bonchev–Trinajstić information content (AvgIpc) is 2.48. The number of ether oxygens (including phenoxy) is 2. The van der Waals surface area contributed by atoms with Crippen LogP contribution in [0.15, 0.2) is 0 Å². The Morgan fingerprint density at radius 2 is 1.60 bits per heavy atom. The first-order valence-corrected chi connectivity index (χ1v) is 8.83. The van der Waals surface area contributed by atoms with E-state index in [1.54, 1.807) is 28.3 Å². The van der Waals surface area contributed by atoms with Gasteiger partial charge in [0.15, 0.2) is 0 Å². The summed E-state index contributed by atoms with van der Waals surface area (Å²) in [4.78, 5) is 11.4. The predicted octanol–water partition coefficient (Wildman–Crippen LogP) is 2.28. The molecule has 6 nitrogen and oxygen atoms in total. The third kappa shape index (κ3) is 5.49. The minimum Gasteiger partial charge on any atom is -0.436 e. The summed E-state index contributed by atoms with van der Waals surface area (Å²) in [6.07, 6.45) is 1.87. The molecule has 0 aliphatic heterocycles. The molecule has 0 radical (unpaired) electrons. The van der Waals surface area contributed by atoms with Crippen molar-refractivity contribution < 1.29 is 27.5 Å². The Morgan fingerprint density at radius 3 is 1.95 bits per heavy atom. The highest BCUT2D eigenvalue weighted by Gasteiger charge is 2.49. The molecular formula is C13H28O6Si.